The van der Waals surface area contributed by atoms with Crippen LogP contribution in [0.15, 0.2) is 66.7 Å². The van der Waals surface area contributed by atoms with Crippen LogP contribution in [-0.2, 0) is 4.79 Å². The summed E-state index contributed by atoms with van der Waals surface area (Å²) in [5.41, 5.74) is 8.88. The number of urea groups is 1. The van der Waals surface area contributed by atoms with E-state index in [9.17, 15) is 14.0 Å². The Morgan fingerprint density at radius 1 is 0.912 bits per heavy atom. The lowest BCUT2D eigenvalue weighted by atomic mass is 10.1. The van der Waals surface area contributed by atoms with Gasteiger partial charge in [-0.1, -0.05) is 30.3 Å². The van der Waals surface area contributed by atoms with E-state index in [4.69, 9.17) is 5.73 Å². The first-order valence-electron chi connectivity index (χ1n) is 11.4. The normalized spacial score (nSPS) is 19.6. The van der Waals surface area contributed by atoms with Gasteiger partial charge in [0.15, 0.2) is 5.82 Å². The smallest absolute Gasteiger partial charge is 0.323 e. The number of pyridine rings is 1. The minimum atomic E-state index is -0.331. The zero-order chi connectivity index (χ0) is 23.7. The predicted molar refractivity (Wildman–Crippen MR) is 129 cm³/mol. The number of hydrogen-bond acceptors (Lipinski definition) is 4. The lowest BCUT2D eigenvalue weighted by Crippen LogP contribution is -2.52. The van der Waals surface area contributed by atoms with Gasteiger partial charge in [-0.25, -0.2) is 14.2 Å². The molecule has 1 saturated carbocycles. The second-order valence-electron chi connectivity index (χ2n) is 8.74. The number of nitrogens with one attached hydrogen (secondary N) is 1. The first kappa shape index (κ1) is 21.9. The number of benzene rings is 2. The minimum Gasteiger partial charge on any atom is -0.396 e. The molecule has 0 radical (unpaired) electrons. The number of carbonyl (C=O) groups is 2. The standard InChI is InChI=1S/C26H26FN5O2/c27-19-8-6-18(7-9-19)23-11-10-22(28)24(29-23)30-26(34)32-14-12-31(13-15-32)25(33)21-16-20(21)17-4-2-1-3-5-17/h1-11,20-21H,12-16,28H2,(H,29,30,34)/t20?,21-/m1/s1. The number of halogens is 1. The van der Waals surface area contributed by atoms with Crippen LogP contribution < -0.4 is 11.1 Å². The van der Waals surface area contributed by atoms with Gasteiger partial charge in [0.1, 0.15) is 5.82 Å². The third kappa shape index (κ3) is 4.57. The topological polar surface area (TPSA) is 91.6 Å². The summed E-state index contributed by atoms with van der Waals surface area (Å²) < 4.78 is 13.2. The second-order valence-corrected chi connectivity index (χ2v) is 8.74. The van der Waals surface area contributed by atoms with Gasteiger partial charge >= 0.3 is 6.03 Å². The number of rotatable bonds is 4. The zero-order valence-corrected chi connectivity index (χ0v) is 18.7. The molecule has 2 aromatic carbocycles. The van der Waals surface area contributed by atoms with E-state index in [0.29, 0.717) is 43.5 Å². The van der Waals surface area contributed by atoms with Gasteiger partial charge in [0.25, 0.3) is 0 Å². The molecular weight excluding hydrogens is 433 g/mol. The summed E-state index contributed by atoms with van der Waals surface area (Å²) in [6, 6.07) is 19.2. The number of nitrogens with zero attached hydrogens (tertiary/aromatic N) is 3. The van der Waals surface area contributed by atoms with Gasteiger partial charge in [-0.05, 0) is 54.3 Å². The van der Waals surface area contributed by atoms with Crippen LogP contribution >= 0.6 is 0 Å². The molecule has 1 aliphatic heterocycles. The van der Waals surface area contributed by atoms with Crippen molar-refractivity contribution in [2.24, 2.45) is 5.92 Å². The highest BCUT2D eigenvalue weighted by Gasteiger charge is 2.46. The van der Waals surface area contributed by atoms with E-state index in [-0.39, 0.29) is 29.5 Å². The number of nitrogen functional groups attached to an aromatic ring is 1. The van der Waals surface area contributed by atoms with Crippen LogP contribution in [0.3, 0.4) is 0 Å². The van der Waals surface area contributed by atoms with Crippen LogP contribution in [-0.4, -0.2) is 52.9 Å². The van der Waals surface area contributed by atoms with Gasteiger partial charge < -0.3 is 15.5 Å². The molecule has 1 aromatic heterocycles. The van der Waals surface area contributed by atoms with Crippen molar-refractivity contribution in [1.29, 1.82) is 0 Å². The molecular formula is C26H26FN5O2. The van der Waals surface area contributed by atoms with Gasteiger partial charge in [0, 0.05) is 37.7 Å². The third-order valence-electron chi connectivity index (χ3n) is 6.51. The van der Waals surface area contributed by atoms with E-state index in [1.54, 1.807) is 29.2 Å². The van der Waals surface area contributed by atoms with Crippen LogP contribution in [0.4, 0.5) is 20.7 Å². The molecule has 3 N–H and O–H groups in total. The molecule has 34 heavy (non-hydrogen) atoms. The molecule has 3 aromatic rings. The first-order valence-corrected chi connectivity index (χ1v) is 11.4. The van der Waals surface area contributed by atoms with Crippen LogP contribution in [0, 0.1) is 11.7 Å². The van der Waals surface area contributed by atoms with Crippen molar-refractivity contribution in [2.75, 3.05) is 37.2 Å². The molecule has 0 spiro atoms. The average Bonchev–Trinajstić information content (AvgIpc) is 3.67. The highest BCUT2D eigenvalue weighted by atomic mass is 19.1. The molecule has 2 aliphatic rings. The summed E-state index contributed by atoms with van der Waals surface area (Å²) in [6.07, 6.45) is 0.888. The van der Waals surface area contributed by atoms with E-state index in [1.807, 2.05) is 23.1 Å². The fourth-order valence-electron chi connectivity index (χ4n) is 4.43. The summed E-state index contributed by atoms with van der Waals surface area (Å²) in [7, 11) is 0. The van der Waals surface area contributed by atoms with E-state index in [2.05, 4.69) is 22.4 Å². The van der Waals surface area contributed by atoms with Crippen LogP contribution in [0.25, 0.3) is 11.3 Å². The van der Waals surface area contributed by atoms with Crippen molar-refractivity contribution >= 4 is 23.4 Å². The molecule has 1 unspecified atom stereocenters. The van der Waals surface area contributed by atoms with Gasteiger partial charge in [0.2, 0.25) is 5.91 Å². The summed E-state index contributed by atoms with van der Waals surface area (Å²) >= 11 is 0. The molecule has 5 rings (SSSR count). The van der Waals surface area contributed by atoms with Gasteiger partial charge in [-0.15, -0.1) is 0 Å². The lowest BCUT2D eigenvalue weighted by molar-refractivity contribution is -0.134. The summed E-state index contributed by atoms with van der Waals surface area (Å²) in [6.45, 7) is 1.89. The lowest BCUT2D eigenvalue weighted by Gasteiger charge is -2.35. The van der Waals surface area contributed by atoms with Crippen molar-refractivity contribution in [3.63, 3.8) is 0 Å². The quantitative estimate of drug-likeness (QED) is 0.618. The molecule has 3 amide bonds. The van der Waals surface area contributed by atoms with Crippen molar-refractivity contribution in [3.8, 4) is 11.3 Å². The molecule has 2 heterocycles. The number of carbonyl (C=O) groups excluding carboxylic acids is 2. The van der Waals surface area contributed by atoms with Gasteiger partial charge in [-0.2, -0.15) is 0 Å². The number of aromatic nitrogens is 1. The Labute approximate surface area is 197 Å². The fourth-order valence-corrected chi connectivity index (χ4v) is 4.43. The van der Waals surface area contributed by atoms with E-state index >= 15 is 0 Å². The van der Waals surface area contributed by atoms with Gasteiger partial charge in [-0.3, -0.25) is 10.1 Å². The largest absolute Gasteiger partial charge is 0.396 e. The maximum atomic E-state index is 13.2. The molecule has 1 aliphatic carbocycles. The minimum absolute atomic E-state index is 0.0426. The number of hydrogen-bond donors (Lipinski definition) is 2. The fraction of sp³-hybridized carbons (Fsp3) is 0.269. The van der Waals surface area contributed by atoms with Crippen LogP contribution in [0.2, 0.25) is 0 Å². The van der Waals surface area contributed by atoms with Crippen LogP contribution in [0.5, 0.6) is 0 Å². The maximum absolute atomic E-state index is 13.2. The molecule has 8 heteroatoms. The second kappa shape index (κ2) is 9.13. The molecule has 0 bridgehead atoms. The average molecular weight is 460 g/mol. The molecule has 7 nitrogen and oxygen atoms in total. The Kier molecular flexibility index (Phi) is 5.88. The highest BCUT2D eigenvalue weighted by molar-refractivity contribution is 5.92. The van der Waals surface area contributed by atoms with Crippen molar-refractivity contribution in [1.82, 2.24) is 14.8 Å². The van der Waals surface area contributed by atoms with E-state index in [0.717, 1.165) is 12.0 Å². The predicted octanol–water partition coefficient (Wildman–Crippen LogP) is 3.95. The Morgan fingerprint density at radius 3 is 2.29 bits per heavy atom. The summed E-state index contributed by atoms with van der Waals surface area (Å²) in [5, 5.41) is 2.78. The highest BCUT2D eigenvalue weighted by Crippen LogP contribution is 2.48. The SMILES string of the molecule is Nc1ccc(-c2ccc(F)cc2)nc1NC(=O)N1CCN(C(=O)[C@@H]2CC2c2ccccc2)CC1. The molecule has 2 fully saturated rings. The number of anilines is 2. The number of nitrogens with two attached hydrogens (primary N) is 1. The molecule has 2 atom stereocenters. The summed E-state index contributed by atoms with van der Waals surface area (Å²) in [4.78, 5) is 33.7. The van der Waals surface area contributed by atoms with Crippen molar-refractivity contribution in [2.45, 2.75) is 12.3 Å². The monoisotopic (exact) mass is 459 g/mol. The number of amides is 3. The maximum Gasteiger partial charge on any atom is 0.323 e. The summed E-state index contributed by atoms with van der Waals surface area (Å²) in [5.74, 6) is 0.446. The Balaban J connectivity index is 1.17. The Morgan fingerprint density at radius 2 is 1.59 bits per heavy atom. The molecule has 1 saturated heterocycles. The van der Waals surface area contributed by atoms with Gasteiger partial charge in [0.05, 0.1) is 11.4 Å². The van der Waals surface area contributed by atoms with Crippen molar-refractivity contribution in [3.05, 3.63) is 78.1 Å². The zero-order valence-electron chi connectivity index (χ0n) is 18.7. The van der Waals surface area contributed by atoms with Crippen molar-refractivity contribution < 1.29 is 14.0 Å². The molecule has 174 valence electrons. The van der Waals surface area contributed by atoms with E-state index < -0.39 is 0 Å². The third-order valence-corrected chi connectivity index (χ3v) is 6.51. The van der Waals surface area contributed by atoms with Crippen LogP contribution in [0.1, 0.15) is 17.9 Å². The Hall–Kier alpha value is -3.94. The first-order chi connectivity index (χ1) is 16.5. The number of piperazine rings is 1. The Bertz CT molecular complexity index is 1190. The van der Waals surface area contributed by atoms with E-state index in [1.165, 1.54) is 17.7 Å².